The van der Waals surface area contributed by atoms with Crippen LogP contribution in [0.3, 0.4) is 0 Å². The third-order valence-electron chi connectivity index (χ3n) is 1.54. The minimum atomic E-state index is -0.0944. The first-order valence-corrected chi connectivity index (χ1v) is 4.19. The number of carbonyl (C=O) groups excluding carboxylic acids is 1. The predicted octanol–water partition coefficient (Wildman–Crippen LogP) is 2.33. The van der Waals surface area contributed by atoms with E-state index in [1.165, 1.54) is 0 Å². The van der Waals surface area contributed by atoms with Gasteiger partial charge in [-0.3, -0.25) is 4.79 Å². The minimum absolute atomic E-state index is 0.0623. The lowest BCUT2D eigenvalue weighted by molar-refractivity contribution is -0.148. The van der Waals surface area contributed by atoms with E-state index in [1.54, 1.807) is 0 Å². The van der Waals surface area contributed by atoms with E-state index >= 15 is 0 Å². The molecule has 0 fully saturated rings. The van der Waals surface area contributed by atoms with Crippen molar-refractivity contribution < 1.29 is 9.53 Å². The van der Waals surface area contributed by atoms with Crippen LogP contribution in [-0.2, 0) is 9.53 Å². The highest BCUT2D eigenvalue weighted by Gasteiger charge is 2.05. The van der Waals surface area contributed by atoms with Gasteiger partial charge in [0.05, 0.1) is 6.10 Å². The molecule has 0 N–H and O–H groups in total. The molecule has 0 aromatic rings. The first-order chi connectivity index (χ1) is 5.20. The molecule has 0 bridgehead atoms. The number of hydrogen-bond donors (Lipinski definition) is 0. The van der Waals surface area contributed by atoms with E-state index in [0.717, 1.165) is 19.3 Å². The molecule has 65 valence electrons. The molecular weight excluding hydrogens is 140 g/mol. The van der Waals surface area contributed by atoms with Gasteiger partial charge in [0.15, 0.2) is 0 Å². The van der Waals surface area contributed by atoms with Crippen LogP contribution >= 0.6 is 0 Å². The second-order valence-electron chi connectivity index (χ2n) is 2.67. The van der Waals surface area contributed by atoms with Crippen molar-refractivity contribution in [1.29, 1.82) is 0 Å². The highest BCUT2D eigenvalue weighted by atomic mass is 16.5. The van der Waals surface area contributed by atoms with Gasteiger partial charge in [-0.15, -0.1) is 0 Å². The molecule has 0 aromatic carbocycles. The maximum absolute atomic E-state index is 10.9. The molecule has 0 aliphatic heterocycles. The number of esters is 1. The molecule has 11 heavy (non-hydrogen) atoms. The van der Waals surface area contributed by atoms with Gasteiger partial charge >= 0.3 is 5.97 Å². The summed E-state index contributed by atoms with van der Waals surface area (Å²) in [5, 5.41) is 0. The van der Waals surface area contributed by atoms with Gasteiger partial charge < -0.3 is 4.74 Å². The zero-order valence-electron chi connectivity index (χ0n) is 7.43. The van der Waals surface area contributed by atoms with Crippen molar-refractivity contribution >= 4 is 5.97 Å². The van der Waals surface area contributed by atoms with Crippen LogP contribution in [-0.4, -0.2) is 12.1 Å². The summed E-state index contributed by atoms with van der Waals surface area (Å²) in [6, 6.07) is 0. The highest BCUT2D eigenvalue weighted by Crippen LogP contribution is 2.01. The zero-order valence-corrected chi connectivity index (χ0v) is 7.43. The van der Waals surface area contributed by atoms with E-state index in [1.807, 2.05) is 13.8 Å². The molecule has 1 atom stereocenters. The predicted molar refractivity (Wildman–Crippen MR) is 45.1 cm³/mol. The summed E-state index contributed by atoms with van der Waals surface area (Å²) in [4.78, 5) is 10.9. The molecule has 1 unspecified atom stereocenters. The molecule has 1 radical (unpaired) electrons. The Hall–Kier alpha value is -0.530. The SMILES string of the molecule is [CH2]CCCC(=O)OC(C)CC. The van der Waals surface area contributed by atoms with E-state index in [-0.39, 0.29) is 12.1 Å². The molecule has 0 aromatic heterocycles. The topological polar surface area (TPSA) is 26.3 Å². The summed E-state index contributed by atoms with van der Waals surface area (Å²) < 4.78 is 5.03. The van der Waals surface area contributed by atoms with Gasteiger partial charge in [-0.2, -0.15) is 0 Å². The fourth-order valence-electron chi connectivity index (χ4n) is 0.636. The van der Waals surface area contributed by atoms with Gasteiger partial charge in [0.25, 0.3) is 0 Å². The van der Waals surface area contributed by atoms with Gasteiger partial charge in [0.1, 0.15) is 0 Å². The van der Waals surface area contributed by atoms with Crippen LogP contribution in [0.5, 0.6) is 0 Å². The Labute approximate surface area is 68.9 Å². The van der Waals surface area contributed by atoms with E-state index in [0.29, 0.717) is 6.42 Å². The molecule has 0 saturated carbocycles. The first-order valence-electron chi connectivity index (χ1n) is 4.19. The van der Waals surface area contributed by atoms with Crippen molar-refractivity contribution in [3.8, 4) is 0 Å². The Morgan fingerprint density at radius 3 is 2.73 bits per heavy atom. The molecule has 0 amide bonds. The average molecular weight is 157 g/mol. The molecule has 0 aliphatic rings. The highest BCUT2D eigenvalue weighted by molar-refractivity contribution is 5.69. The number of rotatable bonds is 5. The third-order valence-corrected chi connectivity index (χ3v) is 1.54. The summed E-state index contributed by atoms with van der Waals surface area (Å²) in [5.74, 6) is -0.0944. The quantitative estimate of drug-likeness (QED) is 0.572. The van der Waals surface area contributed by atoms with Gasteiger partial charge in [-0.05, 0) is 19.8 Å². The Kier molecular flexibility index (Phi) is 5.90. The van der Waals surface area contributed by atoms with Crippen molar-refractivity contribution in [3.05, 3.63) is 6.92 Å². The van der Waals surface area contributed by atoms with Gasteiger partial charge in [0, 0.05) is 6.42 Å². The van der Waals surface area contributed by atoms with Crippen molar-refractivity contribution in [3.63, 3.8) is 0 Å². The molecule has 0 rings (SSSR count). The lowest BCUT2D eigenvalue weighted by Gasteiger charge is -2.09. The molecule has 0 aliphatic carbocycles. The summed E-state index contributed by atoms with van der Waals surface area (Å²) in [5.41, 5.74) is 0. The first kappa shape index (κ1) is 10.5. The second-order valence-corrected chi connectivity index (χ2v) is 2.67. The molecule has 0 heterocycles. The fourth-order valence-corrected chi connectivity index (χ4v) is 0.636. The van der Waals surface area contributed by atoms with Crippen LogP contribution in [0.2, 0.25) is 0 Å². The summed E-state index contributed by atoms with van der Waals surface area (Å²) >= 11 is 0. The number of unbranched alkanes of at least 4 members (excludes halogenated alkanes) is 1. The van der Waals surface area contributed by atoms with E-state index in [2.05, 4.69) is 6.92 Å². The average Bonchev–Trinajstić information content (AvgIpc) is 2.00. The van der Waals surface area contributed by atoms with Crippen molar-refractivity contribution in [2.45, 2.75) is 45.6 Å². The fraction of sp³-hybridized carbons (Fsp3) is 0.778. The van der Waals surface area contributed by atoms with Gasteiger partial charge in [0.2, 0.25) is 0 Å². The lowest BCUT2D eigenvalue weighted by Crippen LogP contribution is -2.13. The standard InChI is InChI=1S/C9H17O2/c1-4-6-7-9(10)11-8(3)5-2/h8H,1,4-7H2,2-3H3. The second kappa shape index (κ2) is 6.20. The largest absolute Gasteiger partial charge is 0.463 e. The van der Waals surface area contributed by atoms with E-state index in [4.69, 9.17) is 4.74 Å². The van der Waals surface area contributed by atoms with Crippen LogP contribution in [0.15, 0.2) is 0 Å². The molecular formula is C9H17O2. The summed E-state index contributed by atoms with van der Waals surface area (Å²) in [6.45, 7) is 7.55. The Bertz CT molecular complexity index is 110. The molecule has 0 spiro atoms. The Morgan fingerprint density at radius 2 is 2.27 bits per heavy atom. The van der Waals surface area contributed by atoms with Crippen LogP contribution in [0.4, 0.5) is 0 Å². The maximum Gasteiger partial charge on any atom is 0.306 e. The van der Waals surface area contributed by atoms with Crippen LogP contribution < -0.4 is 0 Å². The smallest absolute Gasteiger partial charge is 0.306 e. The zero-order chi connectivity index (χ0) is 8.69. The van der Waals surface area contributed by atoms with Crippen LogP contribution in [0.1, 0.15) is 39.5 Å². The molecule has 2 heteroatoms. The third kappa shape index (κ3) is 5.89. The number of hydrogen-bond acceptors (Lipinski definition) is 2. The van der Waals surface area contributed by atoms with Gasteiger partial charge in [-0.1, -0.05) is 20.3 Å². The van der Waals surface area contributed by atoms with Crippen molar-refractivity contribution in [2.75, 3.05) is 0 Å². The number of ether oxygens (including phenoxy) is 1. The minimum Gasteiger partial charge on any atom is -0.463 e. The lowest BCUT2D eigenvalue weighted by atomic mass is 10.2. The van der Waals surface area contributed by atoms with E-state index < -0.39 is 0 Å². The maximum atomic E-state index is 10.9. The summed E-state index contributed by atoms with van der Waals surface area (Å²) in [6.07, 6.45) is 3.08. The Morgan fingerprint density at radius 1 is 1.64 bits per heavy atom. The monoisotopic (exact) mass is 157 g/mol. The van der Waals surface area contributed by atoms with Crippen molar-refractivity contribution in [2.24, 2.45) is 0 Å². The number of carbonyl (C=O) groups is 1. The molecule has 0 saturated heterocycles. The summed E-state index contributed by atoms with van der Waals surface area (Å²) in [7, 11) is 0. The van der Waals surface area contributed by atoms with Crippen LogP contribution in [0.25, 0.3) is 0 Å². The van der Waals surface area contributed by atoms with E-state index in [9.17, 15) is 4.79 Å². The Balaban J connectivity index is 3.36. The molecule has 2 nitrogen and oxygen atoms in total. The van der Waals surface area contributed by atoms with Crippen LogP contribution in [0, 0.1) is 6.92 Å². The normalized spacial score (nSPS) is 12.6. The van der Waals surface area contributed by atoms with Gasteiger partial charge in [-0.25, -0.2) is 0 Å². The van der Waals surface area contributed by atoms with Crippen molar-refractivity contribution in [1.82, 2.24) is 0 Å².